The van der Waals surface area contributed by atoms with Gasteiger partial charge < -0.3 is 15.2 Å². The molecule has 0 aromatic rings. The van der Waals surface area contributed by atoms with Gasteiger partial charge in [-0.2, -0.15) is 0 Å². The molecule has 0 fully saturated rings. The van der Waals surface area contributed by atoms with E-state index in [0.717, 1.165) is 19.3 Å². The van der Waals surface area contributed by atoms with Crippen molar-refractivity contribution in [2.45, 2.75) is 129 Å². The molecule has 1 amide bonds. The van der Waals surface area contributed by atoms with E-state index in [-0.39, 0.29) is 24.9 Å². The van der Waals surface area contributed by atoms with Crippen molar-refractivity contribution >= 4 is 17.8 Å². The van der Waals surface area contributed by atoms with Gasteiger partial charge in [0.2, 0.25) is 5.91 Å². The molecule has 0 aromatic heterocycles. The van der Waals surface area contributed by atoms with Crippen LogP contribution in [0.3, 0.4) is 0 Å². The number of rotatable bonds is 19. The lowest BCUT2D eigenvalue weighted by molar-refractivity contribution is -0.153. The Hall–Kier alpha value is -1.59. The highest BCUT2D eigenvalue weighted by atomic mass is 16.5. The van der Waals surface area contributed by atoms with Gasteiger partial charge in [0.25, 0.3) is 0 Å². The van der Waals surface area contributed by atoms with E-state index in [4.69, 9.17) is 9.84 Å². The summed E-state index contributed by atoms with van der Waals surface area (Å²) in [6, 6.07) is -0.889. The number of hydrogen-bond donors (Lipinski definition) is 2. The van der Waals surface area contributed by atoms with Crippen LogP contribution in [0.5, 0.6) is 0 Å². The summed E-state index contributed by atoms with van der Waals surface area (Å²) in [5.41, 5.74) is 0. The number of carbonyl (C=O) groups excluding carboxylic acids is 2. The summed E-state index contributed by atoms with van der Waals surface area (Å²) in [5, 5.41) is 11.5. The lowest BCUT2D eigenvalue weighted by Crippen LogP contribution is -2.43. The normalized spacial score (nSPS) is 12.9. The van der Waals surface area contributed by atoms with E-state index in [1.54, 1.807) is 6.92 Å². The summed E-state index contributed by atoms with van der Waals surface area (Å²) >= 11 is 0. The number of amides is 1. The lowest BCUT2D eigenvalue weighted by atomic mass is 10.0. The fraction of sp³-hybridized carbons (Fsp3) is 0.870. The Balaban J connectivity index is 3.97. The molecule has 2 N–H and O–H groups in total. The molecule has 29 heavy (non-hydrogen) atoms. The van der Waals surface area contributed by atoms with Gasteiger partial charge in [-0.05, 0) is 26.2 Å². The standard InChI is InChI=1S/C23H43NO5/c1-4-6-7-8-9-10-11-12-13-14-15-16-21(25)24-20(17-18-22(26)27)23(28)29-19(3)5-2/h19-20H,4-18H2,1-3H3,(H,24,25)(H,26,27)/t19?,20-/m0/s1. The number of nitrogens with one attached hydrogen (secondary N) is 1. The third-order valence-corrected chi connectivity index (χ3v) is 5.17. The molecule has 0 rings (SSSR count). The molecule has 0 aliphatic carbocycles. The van der Waals surface area contributed by atoms with Crippen molar-refractivity contribution in [3.8, 4) is 0 Å². The maximum atomic E-state index is 12.2. The molecular weight excluding hydrogens is 370 g/mol. The summed E-state index contributed by atoms with van der Waals surface area (Å²) in [6.45, 7) is 5.91. The predicted molar refractivity (Wildman–Crippen MR) is 116 cm³/mol. The lowest BCUT2D eigenvalue weighted by Gasteiger charge is -2.19. The average molecular weight is 414 g/mol. The van der Waals surface area contributed by atoms with Crippen LogP contribution in [0.25, 0.3) is 0 Å². The molecule has 0 aliphatic rings. The first kappa shape index (κ1) is 27.4. The summed E-state index contributed by atoms with van der Waals surface area (Å²) in [4.78, 5) is 35.2. The largest absolute Gasteiger partial charge is 0.481 e. The molecule has 170 valence electrons. The highest BCUT2D eigenvalue weighted by molar-refractivity contribution is 5.84. The summed E-state index contributed by atoms with van der Waals surface area (Å²) in [7, 11) is 0. The van der Waals surface area contributed by atoms with Gasteiger partial charge in [-0.15, -0.1) is 0 Å². The van der Waals surface area contributed by atoms with Crippen LogP contribution in [0.2, 0.25) is 0 Å². The molecule has 0 aliphatic heterocycles. The quantitative estimate of drug-likeness (QED) is 0.219. The van der Waals surface area contributed by atoms with Crippen LogP contribution in [-0.2, 0) is 19.1 Å². The second-order valence-electron chi connectivity index (χ2n) is 7.99. The SMILES string of the molecule is CCCCCCCCCCCCCC(=O)N[C@@H](CCC(=O)O)C(=O)OC(C)CC. The fourth-order valence-corrected chi connectivity index (χ4v) is 3.10. The number of aliphatic carboxylic acids is 1. The van der Waals surface area contributed by atoms with Crippen molar-refractivity contribution in [3.63, 3.8) is 0 Å². The van der Waals surface area contributed by atoms with Crippen molar-refractivity contribution in [2.24, 2.45) is 0 Å². The third kappa shape index (κ3) is 17.0. The minimum Gasteiger partial charge on any atom is -0.481 e. The van der Waals surface area contributed by atoms with Gasteiger partial charge in [-0.1, -0.05) is 78.1 Å². The van der Waals surface area contributed by atoms with E-state index in [1.165, 1.54) is 51.4 Å². The Kier molecular flexibility index (Phi) is 17.4. The first-order valence-corrected chi connectivity index (χ1v) is 11.6. The van der Waals surface area contributed by atoms with Gasteiger partial charge in [0.1, 0.15) is 6.04 Å². The highest BCUT2D eigenvalue weighted by Gasteiger charge is 2.24. The molecule has 0 saturated heterocycles. The molecule has 0 bridgehead atoms. The number of carboxylic acids is 1. The van der Waals surface area contributed by atoms with E-state index < -0.39 is 18.0 Å². The van der Waals surface area contributed by atoms with Gasteiger partial charge in [0.15, 0.2) is 0 Å². The summed E-state index contributed by atoms with van der Waals surface area (Å²) in [6.07, 6.45) is 14.0. The van der Waals surface area contributed by atoms with Crippen molar-refractivity contribution < 1.29 is 24.2 Å². The van der Waals surface area contributed by atoms with E-state index in [9.17, 15) is 14.4 Å². The zero-order chi connectivity index (χ0) is 21.9. The molecule has 0 spiro atoms. The van der Waals surface area contributed by atoms with Gasteiger partial charge in [0, 0.05) is 12.8 Å². The molecule has 2 atom stereocenters. The zero-order valence-electron chi connectivity index (χ0n) is 18.8. The number of carbonyl (C=O) groups is 3. The Morgan fingerprint density at radius 1 is 0.828 bits per heavy atom. The monoisotopic (exact) mass is 413 g/mol. The maximum absolute atomic E-state index is 12.2. The molecule has 0 aromatic carbocycles. The second kappa shape index (κ2) is 18.4. The van der Waals surface area contributed by atoms with Crippen LogP contribution >= 0.6 is 0 Å². The van der Waals surface area contributed by atoms with Gasteiger partial charge >= 0.3 is 11.9 Å². The topological polar surface area (TPSA) is 92.7 Å². The third-order valence-electron chi connectivity index (χ3n) is 5.17. The number of esters is 1. The Morgan fingerprint density at radius 3 is 1.83 bits per heavy atom. The van der Waals surface area contributed by atoms with Crippen molar-refractivity contribution in [1.82, 2.24) is 5.32 Å². The number of hydrogen-bond acceptors (Lipinski definition) is 4. The van der Waals surface area contributed by atoms with Crippen molar-refractivity contribution in [3.05, 3.63) is 0 Å². The minimum absolute atomic E-state index is 0.0502. The first-order valence-electron chi connectivity index (χ1n) is 11.6. The van der Waals surface area contributed by atoms with Crippen LogP contribution in [0.4, 0.5) is 0 Å². The number of ether oxygens (including phenoxy) is 1. The Morgan fingerprint density at radius 2 is 1.34 bits per heavy atom. The molecular formula is C23H43NO5. The van der Waals surface area contributed by atoms with Crippen LogP contribution in [0.15, 0.2) is 0 Å². The summed E-state index contributed by atoms with van der Waals surface area (Å²) in [5.74, 6) is -1.75. The molecule has 0 radical (unpaired) electrons. The summed E-state index contributed by atoms with van der Waals surface area (Å²) < 4.78 is 5.26. The number of unbranched alkanes of at least 4 members (excludes halogenated alkanes) is 10. The highest BCUT2D eigenvalue weighted by Crippen LogP contribution is 2.12. The van der Waals surface area contributed by atoms with E-state index in [0.29, 0.717) is 12.8 Å². The Labute approximate surface area is 177 Å². The number of carboxylic acid groups (broad SMARTS) is 1. The van der Waals surface area contributed by atoms with Crippen molar-refractivity contribution in [2.75, 3.05) is 0 Å². The fourth-order valence-electron chi connectivity index (χ4n) is 3.10. The predicted octanol–water partition coefficient (Wildman–Crippen LogP) is 5.38. The van der Waals surface area contributed by atoms with Crippen molar-refractivity contribution in [1.29, 1.82) is 0 Å². The smallest absolute Gasteiger partial charge is 0.328 e. The van der Waals surface area contributed by atoms with E-state index >= 15 is 0 Å². The van der Waals surface area contributed by atoms with Crippen LogP contribution < -0.4 is 5.32 Å². The second-order valence-corrected chi connectivity index (χ2v) is 7.99. The molecule has 0 heterocycles. The van der Waals surface area contributed by atoms with Gasteiger partial charge in [-0.25, -0.2) is 4.79 Å². The first-order chi connectivity index (χ1) is 13.9. The van der Waals surface area contributed by atoms with Crippen LogP contribution in [-0.4, -0.2) is 35.1 Å². The average Bonchev–Trinajstić information content (AvgIpc) is 2.68. The van der Waals surface area contributed by atoms with Crippen LogP contribution in [0, 0.1) is 0 Å². The van der Waals surface area contributed by atoms with Gasteiger partial charge in [-0.3, -0.25) is 9.59 Å². The molecule has 6 nitrogen and oxygen atoms in total. The molecule has 1 unspecified atom stereocenters. The van der Waals surface area contributed by atoms with E-state index in [1.807, 2.05) is 6.92 Å². The molecule has 6 heteroatoms. The van der Waals surface area contributed by atoms with Gasteiger partial charge in [0.05, 0.1) is 6.10 Å². The maximum Gasteiger partial charge on any atom is 0.328 e. The minimum atomic E-state index is -0.994. The van der Waals surface area contributed by atoms with Crippen LogP contribution in [0.1, 0.15) is 117 Å². The molecule has 0 saturated carbocycles. The van der Waals surface area contributed by atoms with E-state index in [2.05, 4.69) is 12.2 Å². The zero-order valence-corrected chi connectivity index (χ0v) is 18.8. The Bertz CT molecular complexity index is 453.